The van der Waals surface area contributed by atoms with Gasteiger partial charge in [0.2, 0.25) is 0 Å². The summed E-state index contributed by atoms with van der Waals surface area (Å²) in [5.41, 5.74) is 4.94. The van der Waals surface area contributed by atoms with Crippen molar-refractivity contribution in [3.8, 4) is 5.75 Å². The molecule has 0 saturated heterocycles. The first-order valence-corrected chi connectivity index (χ1v) is 5.97. The third kappa shape index (κ3) is 2.96. The lowest BCUT2D eigenvalue weighted by Gasteiger charge is -2.25. The first kappa shape index (κ1) is 13.9. The molecule has 1 atom stereocenters. The zero-order valence-corrected chi connectivity index (χ0v) is 9.77. The van der Waals surface area contributed by atoms with Crippen LogP contribution in [0.15, 0.2) is 30.3 Å². The van der Waals surface area contributed by atoms with Gasteiger partial charge >= 0.3 is 15.2 Å². The lowest BCUT2D eigenvalue weighted by atomic mass is 10.3. The molecule has 0 spiro atoms. The van der Waals surface area contributed by atoms with Crippen molar-refractivity contribution in [1.82, 2.24) is 5.32 Å². The number of nitrogens with one attached hydrogen (secondary N) is 2. The molecule has 1 radical (unpaired) electrons. The smallest absolute Gasteiger partial charge is 0.379 e. The van der Waals surface area contributed by atoms with Gasteiger partial charge in [-0.3, -0.25) is 20.1 Å². The number of benzene rings is 1. The van der Waals surface area contributed by atoms with E-state index in [0.717, 1.165) is 6.29 Å². The highest BCUT2D eigenvalue weighted by atomic mass is 32.2. The fourth-order valence-corrected chi connectivity index (χ4v) is 1.62. The van der Waals surface area contributed by atoms with Crippen LogP contribution < -0.4 is 15.8 Å². The van der Waals surface area contributed by atoms with Crippen LogP contribution in [0.3, 0.4) is 0 Å². The van der Waals surface area contributed by atoms with Crippen molar-refractivity contribution in [2.24, 2.45) is 5.73 Å². The maximum atomic E-state index is 11.2. The summed E-state index contributed by atoms with van der Waals surface area (Å²) in [6.07, 6.45) is 0.993. The molecule has 1 aromatic rings. The van der Waals surface area contributed by atoms with Gasteiger partial charge in [0.1, 0.15) is 5.75 Å². The highest BCUT2D eigenvalue weighted by molar-refractivity contribution is 7.87. The van der Waals surface area contributed by atoms with E-state index in [1.807, 2.05) is 0 Å². The molecule has 8 nitrogen and oxygen atoms in total. The maximum Gasteiger partial charge on any atom is 0.379 e. The highest BCUT2D eigenvalue weighted by Gasteiger charge is 2.48. The average Bonchev–Trinajstić information content (AvgIpc) is 2.27. The lowest BCUT2D eigenvalue weighted by molar-refractivity contribution is 0.185. The quantitative estimate of drug-likeness (QED) is 0.238. The number of nitrogens with two attached hydrogens (primary N) is 1. The molecule has 0 fully saturated rings. The summed E-state index contributed by atoms with van der Waals surface area (Å²) < 4.78 is 36.2. The van der Waals surface area contributed by atoms with Gasteiger partial charge in [0.15, 0.2) is 5.96 Å². The molecule has 0 bridgehead atoms. The lowest BCUT2D eigenvalue weighted by Crippen LogP contribution is -2.61. The molecule has 1 unspecified atom stereocenters. The monoisotopic (exact) mass is 272 g/mol. The van der Waals surface area contributed by atoms with Gasteiger partial charge < -0.3 is 10.5 Å². The van der Waals surface area contributed by atoms with Crippen molar-refractivity contribution in [3.63, 3.8) is 0 Å². The minimum Gasteiger partial charge on any atom is -0.446 e. The number of para-hydroxylation sites is 1. The summed E-state index contributed by atoms with van der Waals surface area (Å²) in [6, 6.07) is 7.36. The molecule has 0 amide bonds. The van der Waals surface area contributed by atoms with Crippen LogP contribution in [0, 0.1) is 5.41 Å². The number of hydrogen-bond donors (Lipinski definition) is 4. The van der Waals surface area contributed by atoms with Crippen molar-refractivity contribution >= 4 is 22.4 Å². The zero-order valence-electron chi connectivity index (χ0n) is 8.95. The SMILES string of the molecule is N=C(N)NC([C]=O)(Oc1ccccc1)S(=O)(=O)O. The van der Waals surface area contributed by atoms with E-state index in [2.05, 4.69) is 0 Å². The fraction of sp³-hybridized carbons (Fsp3) is 0.111. The second-order valence-corrected chi connectivity index (χ2v) is 4.67. The number of ether oxygens (including phenoxy) is 1. The maximum absolute atomic E-state index is 11.2. The molecule has 97 valence electrons. The molecule has 18 heavy (non-hydrogen) atoms. The van der Waals surface area contributed by atoms with Crippen LogP contribution in [0.1, 0.15) is 0 Å². The third-order valence-electron chi connectivity index (χ3n) is 1.80. The Morgan fingerprint density at radius 3 is 2.39 bits per heavy atom. The second-order valence-electron chi connectivity index (χ2n) is 3.15. The average molecular weight is 272 g/mol. The molecule has 9 heteroatoms. The normalized spacial score (nSPS) is 14.3. The molecule has 0 aromatic heterocycles. The molecular formula is C9H10N3O5S. The molecule has 0 saturated carbocycles. The summed E-state index contributed by atoms with van der Waals surface area (Å²) in [5.74, 6) is -0.917. The Hall–Kier alpha value is -2.13. The van der Waals surface area contributed by atoms with Crippen LogP contribution in [-0.4, -0.2) is 30.3 Å². The van der Waals surface area contributed by atoms with Crippen LogP contribution in [0.4, 0.5) is 0 Å². The van der Waals surface area contributed by atoms with Gasteiger partial charge in [0, 0.05) is 0 Å². The minimum atomic E-state index is -5.05. The number of rotatable bonds is 5. The Balaban J connectivity index is 3.20. The van der Waals surface area contributed by atoms with Crippen LogP contribution in [-0.2, 0) is 14.9 Å². The van der Waals surface area contributed by atoms with Crippen LogP contribution >= 0.6 is 0 Å². The number of guanidine groups is 1. The Labute approximate surface area is 103 Å². The Morgan fingerprint density at radius 1 is 1.44 bits per heavy atom. The topological polar surface area (TPSA) is 143 Å². The molecule has 1 rings (SSSR count). The summed E-state index contributed by atoms with van der Waals surface area (Å²) in [4.78, 5) is 10.8. The van der Waals surface area contributed by atoms with Crippen molar-refractivity contribution < 1.29 is 22.5 Å². The zero-order chi connectivity index (χ0) is 13.8. The second kappa shape index (κ2) is 5.02. The van der Waals surface area contributed by atoms with E-state index in [0.29, 0.717) is 0 Å². The van der Waals surface area contributed by atoms with Gasteiger partial charge in [-0.25, -0.2) is 0 Å². The van der Waals surface area contributed by atoms with Crippen molar-refractivity contribution in [2.75, 3.05) is 0 Å². The van der Waals surface area contributed by atoms with E-state index in [4.69, 9.17) is 20.4 Å². The Bertz CT molecular complexity index is 545. The fourth-order valence-electron chi connectivity index (χ4n) is 1.07. The molecule has 5 N–H and O–H groups in total. The summed E-state index contributed by atoms with van der Waals surface area (Å²) in [6.45, 7) is 0. The van der Waals surface area contributed by atoms with Crippen LogP contribution in [0.25, 0.3) is 0 Å². The summed E-state index contributed by atoms with van der Waals surface area (Å²) in [5, 5.41) is 5.67. The van der Waals surface area contributed by atoms with Gasteiger partial charge in [-0.1, -0.05) is 18.2 Å². The van der Waals surface area contributed by atoms with Crippen LogP contribution in [0.5, 0.6) is 5.75 Å². The van der Waals surface area contributed by atoms with Gasteiger partial charge in [-0.2, -0.15) is 8.42 Å². The first-order valence-electron chi connectivity index (χ1n) is 4.53. The van der Waals surface area contributed by atoms with E-state index in [1.54, 1.807) is 11.4 Å². The summed E-state index contributed by atoms with van der Waals surface area (Å²) in [7, 11) is -5.05. The van der Waals surface area contributed by atoms with Gasteiger partial charge in [-0.15, -0.1) is 0 Å². The Kier molecular flexibility index (Phi) is 3.89. The van der Waals surface area contributed by atoms with E-state index in [-0.39, 0.29) is 5.75 Å². The molecular weight excluding hydrogens is 262 g/mol. The predicted molar refractivity (Wildman–Crippen MR) is 62.1 cm³/mol. The van der Waals surface area contributed by atoms with E-state index >= 15 is 0 Å². The van der Waals surface area contributed by atoms with Gasteiger partial charge in [0.25, 0.3) is 6.29 Å². The first-order chi connectivity index (χ1) is 8.31. The molecule has 0 heterocycles. The molecule has 1 aromatic carbocycles. The van der Waals surface area contributed by atoms with Crippen molar-refractivity contribution in [3.05, 3.63) is 30.3 Å². The Morgan fingerprint density at radius 2 is 2.00 bits per heavy atom. The van der Waals surface area contributed by atoms with Gasteiger partial charge in [0.05, 0.1) is 0 Å². The molecule has 0 aliphatic heterocycles. The number of carbonyl (C=O) groups excluding carboxylic acids is 1. The van der Waals surface area contributed by atoms with Crippen molar-refractivity contribution in [1.29, 1.82) is 5.41 Å². The predicted octanol–water partition coefficient (Wildman–Crippen LogP) is -0.800. The highest BCUT2D eigenvalue weighted by Crippen LogP contribution is 2.19. The third-order valence-corrected chi connectivity index (χ3v) is 2.80. The van der Waals surface area contributed by atoms with E-state index in [1.165, 1.54) is 24.3 Å². The van der Waals surface area contributed by atoms with E-state index < -0.39 is 21.1 Å². The summed E-state index contributed by atoms with van der Waals surface area (Å²) >= 11 is 0. The number of hydrogen-bond acceptors (Lipinski definition) is 5. The van der Waals surface area contributed by atoms with Gasteiger partial charge in [-0.05, 0) is 12.1 Å². The largest absolute Gasteiger partial charge is 0.446 e. The molecule has 0 aliphatic carbocycles. The van der Waals surface area contributed by atoms with E-state index in [9.17, 15) is 13.2 Å². The molecule has 0 aliphatic rings. The minimum absolute atomic E-state index is 0.0350. The standard InChI is InChI=1S/C9H10N3O5S/c10-8(11)12-9(6-13,18(14,15)16)17-7-4-2-1-3-5-7/h1-5H,(H4,10,11,12)(H,14,15,16). The van der Waals surface area contributed by atoms with Crippen molar-refractivity contribution in [2.45, 2.75) is 5.06 Å². The van der Waals surface area contributed by atoms with Crippen LogP contribution in [0.2, 0.25) is 0 Å².